The highest BCUT2D eigenvalue weighted by molar-refractivity contribution is 5.85. The number of hydrogen-bond acceptors (Lipinski definition) is 2. The predicted molar refractivity (Wildman–Crippen MR) is 92.1 cm³/mol. The second-order valence-corrected chi connectivity index (χ2v) is 6.66. The van der Waals surface area contributed by atoms with E-state index in [0.29, 0.717) is 12.0 Å². The van der Waals surface area contributed by atoms with Gasteiger partial charge in [-0.05, 0) is 50.6 Å². The van der Waals surface area contributed by atoms with Crippen molar-refractivity contribution in [3.63, 3.8) is 0 Å². The Kier molecular flexibility index (Phi) is 6.27. The number of carbonyl (C=O) groups excluding carboxylic acids is 1. The maximum absolute atomic E-state index is 12.6. The molecule has 2 N–H and O–H groups in total. The number of benzene rings is 1. The van der Waals surface area contributed by atoms with E-state index in [0.717, 1.165) is 19.4 Å². The Morgan fingerprint density at radius 3 is 2.55 bits per heavy atom. The molecular weight excluding hydrogens is 296 g/mol. The first-order valence-electron chi connectivity index (χ1n) is 8.32. The largest absolute Gasteiger partial charge is 0.349 e. The molecule has 1 aromatic rings. The number of nitrogens with one attached hydrogen (secondary N) is 2. The highest BCUT2D eigenvalue weighted by Gasteiger charge is 2.32. The fraction of sp³-hybridized carbons (Fsp3) is 0.611. The van der Waals surface area contributed by atoms with E-state index >= 15 is 0 Å². The van der Waals surface area contributed by atoms with Crippen LogP contribution in [0.3, 0.4) is 0 Å². The van der Waals surface area contributed by atoms with Crippen LogP contribution in [0.5, 0.6) is 0 Å². The summed E-state index contributed by atoms with van der Waals surface area (Å²) in [5, 5.41) is 6.78. The van der Waals surface area contributed by atoms with Crippen LogP contribution in [-0.2, 0) is 4.79 Å². The van der Waals surface area contributed by atoms with Crippen molar-refractivity contribution in [1.29, 1.82) is 0 Å². The summed E-state index contributed by atoms with van der Waals surface area (Å²) in [6, 6.07) is 11.1. The number of carbonyl (C=O) groups is 1. The standard InChI is InChI=1S/C18H26N2O.ClH/c1-13-12-16(10-11-19-13)18(21)20-17(15-8-5-9-15)14-6-3-2-4-7-14;/h2-4,6-7,13,15-17,19H,5,8-12H2,1H3,(H,20,21);1H/t13-,16-,17?;/m0./s1. The first-order chi connectivity index (χ1) is 10.2. The topological polar surface area (TPSA) is 41.1 Å². The van der Waals surface area contributed by atoms with E-state index in [1.165, 1.54) is 24.8 Å². The molecule has 1 saturated heterocycles. The van der Waals surface area contributed by atoms with Crippen LogP contribution in [0, 0.1) is 11.8 Å². The SMILES string of the molecule is C[C@H]1C[C@@H](C(=O)NC(c2ccccc2)C2CCC2)CCN1.Cl. The molecule has 3 atom stereocenters. The zero-order chi connectivity index (χ0) is 14.7. The van der Waals surface area contributed by atoms with Crippen molar-refractivity contribution in [2.45, 2.75) is 51.1 Å². The van der Waals surface area contributed by atoms with Gasteiger partial charge >= 0.3 is 0 Å². The van der Waals surface area contributed by atoms with Gasteiger partial charge in [-0.1, -0.05) is 36.8 Å². The van der Waals surface area contributed by atoms with Crippen molar-refractivity contribution >= 4 is 18.3 Å². The minimum atomic E-state index is 0. The quantitative estimate of drug-likeness (QED) is 0.891. The van der Waals surface area contributed by atoms with Gasteiger partial charge in [0.2, 0.25) is 5.91 Å². The van der Waals surface area contributed by atoms with E-state index in [1.807, 2.05) is 6.07 Å². The van der Waals surface area contributed by atoms with Crippen molar-refractivity contribution in [3.8, 4) is 0 Å². The zero-order valence-electron chi connectivity index (χ0n) is 13.3. The summed E-state index contributed by atoms with van der Waals surface area (Å²) in [5.41, 5.74) is 1.26. The fourth-order valence-corrected chi connectivity index (χ4v) is 3.55. The van der Waals surface area contributed by atoms with Crippen LogP contribution >= 0.6 is 12.4 Å². The smallest absolute Gasteiger partial charge is 0.223 e. The number of hydrogen-bond donors (Lipinski definition) is 2. The maximum atomic E-state index is 12.6. The number of piperidine rings is 1. The molecule has 1 amide bonds. The van der Waals surface area contributed by atoms with Gasteiger partial charge in [-0.25, -0.2) is 0 Å². The lowest BCUT2D eigenvalue weighted by molar-refractivity contribution is -0.127. The highest BCUT2D eigenvalue weighted by atomic mass is 35.5. The molecule has 3 rings (SSSR count). The second-order valence-electron chi connectivity index (χ2n) is 6.66. The van der Waals surface area contributed by atoms with Crippen molar-refractivity contribution in [1.82, 2.24) is 10.6 Å². The van der Waals surface area contributed by atoms with E-state index in [1.54, 1.807) is 0 Å². The first-order valence-corrected chi connectivity index (χ1v) is 8.32. The third-order valence-electron chi connectivity index (χ3n) is 5.07. The lowest BCUT2D eigenvalue weighted by atomic mass is 9.77. The Balaban J connectivity index is 0.00000176. The fourth-order valence-electron chi connectivity index (χ4n) is 3.55. The summed E-state index contributed by atoms with van der Waals surface area (Å²) in [5.74, 6) is 1.05. The molecule has 1 aliphatic heterocycles. The average molecular weight is 323 g/mol. The summed E-state index contributed by atoms with van der Waals surface area (Å²) >= 11 is 0. The Hall–Kier alpha value is -1.06. The van der Waals surface area contributed by atoms with Crippen molar-refractivity contribution in [2.75, 3.05) is 6.54 Å². The Bertz CT molecular complexity index is 475. The molecule has 1 saturated carbocycles. The molecule has 0 spiro atoms. The molecule has 2 aliphatic rings. The number of rotatable bonds is 4. The third kappa shape index (κ3) is 4.02. The van der Waals surface area contributed by atoms with Gasteiger partial charge in [0.05, 0.1) is 6.04 Å². The van der Waals surface area contributed by atoms with E-state index in [-0.39, 0.29) is 30.3 Å². The van der Waals surface area contributed by atoms with Crippen LogP contribution in [0.15, 0.2) is 30.3 Å². The number of halogens is 1. The Morgan fingerprint density at radius 2 is 1.95 bits per heavy atom. The summed E-state index contributed by atoms with van der Waals surface area (Å²) in [4.78, 5) is 12.6. The van der Waals surface area contributed by atoms with Crippen LogP contribution < -0.4 is 10.6 Å². The van der Waals surface area contributed by atoms with Gasteiger partial charge in [0, 0.05) is 12.0 Å². The summed E-state index contributed by atoms with van der Waals surface area (Å²) in [6.07, 6.45) is 5.69. The summed E-state index contributed by atoms with van der Waals surface area (Å²) in [7, 11) is 0. The molecule has 0 radical (unpaired) electrons. The number of amides is 1. The highest BCUT2D eigenvalue weighted by Crippen LogP contribution is 2.38. The normalized spacial score (nSPS) is 26.4. The Labute approximate surface area is 139 Å². The Morgan fingerprint density at radius 1 is 1.23 bits per heavy atom. The van der Waals surface area contributed by atoms with E-state index in [9.17, 15) is 4.79 Å². The lowest BCUT2D eigenvalue weighted by Crippen LogP contribution is -2.45. The summed E-state index contributed by atoms with van der Waals surface area (Å²) < 4.78 is 0. The molecule has 1 unspecified atom stereocenters. The zero-order valence-corrected chi connectivity index (χ0v) is 14.1. The molecule has 22 heavy (non-hydrogen) atoms. The van der Waals surface area contributed by atoms with Crippen LogP contribution in [0.1, 0.15) is 50.6 Å². The van der Waals surface area contributed by atoms with Gasteiger partial charge in [-0.3, -0.25) is 4.79 Å². The van der Waals surface area contributed by atoms with Crippen molar-refractivity contribution in [2.24, 2.45) is 11.8 Å². The maximum Gasteiger partial charge on any atom is 0.223 e. The molecule has 1 aliphatic carbocycles. The molecule has 4 heteroatoms. The van der Waals surface area contributed by atoms with Crippen LogP contribution in [0.25, 0.3) is 0 Å². The van der Waals surface area contributed by atoms with Crippen molar-refractivity contribution in [3.05, 3.63) is 35.9 Å². The van der Waals surface area contributed by atoms with Gasteiger partial charge in [-0.2, -0.15) is 0 Å². The molecular formula is C18H27ClN2O. The monoisotopic (exact) mass is 322 g/mol. The van der Waals surface area contributed by atoms with Crippen LogP contribution in [-0.4, -0.2) is 18.5 Å². The molecule has 0 bridgehead atoms. The minimum absolute atomic E-state index is 0. The first kappa shape index (κ1) is 17.3. The third-order valence-corrected chi connectivity index (χ3v) is 5.07. The second kappa shape index (κ2) is 7.98. The van der Waals surface area contributed by atoms with E-state index < -0.39 is 0 Å². The van der Waals surface area contributed by atoms with Gasteiger partial charge in [0.15, 0.2) is 0 Å². The molecule has 1 aromatic carbocycles. The van der Waals surface area contributed by atoms with Gasteiger partial charge in [0.1, 0.15) is 0 Å². The van der Waals surface area contributed by atoms with E-state index in [2.05, 4.69) is 41.8 Å². The van der Waals surface area contributed by atoms with Crippen LogP contribution in [0.2, 0.25) is 0 Å². The van der Waals surface area contributed by atoms with Crippen LogP contribution in [0.4, 0.5) is 0 Å². The lowest BCUT2D eigenvalue weighted by Gasteiger charge is -2.36. The predicted octanol–water partition coefficient (Wildman–Crippen LogP) is 3.45. The van der Waals surface area contributed by atoms with Gasteiger partial charge < -0.3 is 10.6 Å². The summed E-state index contributed by atoms with van der Waals surface area (Å²) in [6.45, 7) is 3.12. The molecule has 1 heterocycles. The molecule has 3 nitrogen and oxygen atoms in total. The molecule has 0 aromatic heterocycles. The molecule has 122 valence electrons. The average Bonchev–Trinajstić information content (AvgIpc) is 2.45. The van der Waals surface area contributed by atoms with Gasteiger partial charge in [0.25, 0.3) is 0 Å². The van der Waals surface area contributed by atoms with Crippen molar-refractivity contribution < 1.29 is 4.79 Å². The van der Waals surface area contributed by atoms with Gasteiger partial charge in [-0.15, -0.1) is 12.4 Å². The molecule has 2 fully saturated rings. The minimum Gasteiger partial charge on any atom is -0.349 e. The van der Waals surface area contributed by atoms with E-state index in [4.69, 9.17) is 0 Å².